The van der Waals surface area contributed by atoms with E-state index in [1.54, 1.807) is 6.92 Å². The standard InChI is InChI=1S/C15H24N2O2S/c1-10-6-4-5-7-13(10)17-20(18,19)15-12(3)9-8-11(2)14(15)16/h8-10,13,17H,4-7,16H2,1-3H3. The van der Waals surface area contributed by atoms with Crippen molar-refractivity contribution in [1.29, 1.82) is 0 Å². The molecule has 4 nitrogen and oxygen atoms in total. The molecule has 0 amide bonds. The lowest BCUT2D eigenvalue weighted by Crippen LogP contribution is -2.41. The summed E-state index contributed by atoms with van der Waals surface area (Å²) in [6.45, 7) is 5.73. The average molecular weight is 296 g/mol. The first-order valence-electron chi connectivity index (χ1n) is 7.21. The number of aryl methyl sites for hydroxylation is 2. The van der Waals surface area contributed by atoms with Crippen molar-refractivity contribution in [2.45, 2.75) is 57.4 Å². The molecule has 0 spiro atoms. The van der Waals surface area contributed by atoms with Crippen molar-refractivity contribution in [3.63, 3.8) is 0 Å². The van der Waals surface area contributed by atoms with Crippen LogP contribution in [0.4, 0.5) is 5.69 Å². The minimum atomic E-state index is -3.55. The van der Waals surface area contributed by atoms with Gasteiger partial charge in [0.1, 0.15) is 4.90 Å². The van der Waals surface area contributed by atoms with Gasteiger partial charge >= 0.3 is 0 Å². The second-order valence-corrected chi connectivity index (χ2v) is 7.58. The minimum absolute atomic E-state index is 0.0214. The third-order valence-electron chi connectivity index (χ3n) is 4.30. The fourth-order valence-corrected chi connectivity index (χ4v) is 4.72. The van der Waals surface area contributed by atoms with Gasteiger partial charge in [0.2, 0.25) is 10.0 Å². The van der Waals surface area contributed by atoms with Crippen LogP contribution in [0.2, 0.25) is 0 Å². The molecule has 0 saturated heterocycles. The smallest absolute Gasteiger partial charge is 0.243 e. The van der Waals surface area contributed by atoms with Crippen molar-refractivity contribution in [3.05, 3.63) is 23.3 Å². The van der Waals surface area contributed by atoms with Gasteiger partial charge in [-0.05, 0) is 43.7 Å². The van der Waals surface area contributed by atoms with Crippen molar-refractivity contribution in [2.75, 3.05) is 5.73 Å². The zero-order valence-corrected chi connectivity index (χ0v) is 13.3. The van der Waals surface area contributed by atoms with E-state index in [0.717, 1.165) is 24.8 Å². The first kappa shape index (κ1) is 15.3. The van der Waals surface area contributed by atoms with Crippen molar-refractivity contribution >= 4 is 15.7 Å². The van der Waals surface area contributed by atoms with Gasteiger partial charge < -0.3 is 5.73 Å². The van der Waals surface area contributed by atoms with Gasteiger partial charge in [-0.2, -0.15) is 0 Å². The summed E-state index contributed by atoms with van der Waals surface area (Å²) in [6, 6.07) is 3.69. The minimum Gasteiger partial charge on any atom is -0.397 e. The van der Waals surface area contributed by atoms with Crippen molar-refractivity contribution in [2.24, 2.45) is 5.92 Å². The number of nitrogens with two attached hydrogens (primary N) is 1. The first-order valence-corrected chi connectivity index (χ1v) is 8.69. The van der Waals surface area contributed by atoms with E-state index in [2.05, 4.69) is 11.6 Å². The zero-order chi connectivity index (χ0) is 14.9. The molecule has 2 atom stereocenters. The van der Waals surface area contributed by atoms with Gasteiger partial charge in [0, 0.05) is 6.04 Å². The van der Waals surface area contributed by atoms with Crippen LogP contribution in [0.1, 0.15) is 43.7 Å². The van der Waals surface area contributed by atoms with Crippen LogP contribution in [-0.2, 0) is 10.0 Å². The van der Waals surface area contributed by atoms with Gasteiger partial charge in [-0.25, -0.2) is 13.1 Å². The highest BCUT2D eigenvalue weighted by Crippen LogP contribution is 2.29. The van der Waals surface area contributed by atoms with E-state index < -0.39 is 10.0 Å². The monoisotopic (exact) mass is 296 g/mol. The molecule has 1 aliphatic carbocycles. The van der Waals surface area contributed by atoms with E-state index in [-0.39, 0.29) is 10.9 Å². The predicted octanol–water partition coefficient (Wildman–Crippen LogP) is 2.74. The molecule has 1 saturated carbocycles. The number of sulfonamides is 1. The summed E-state index contributed by atoms with van der Waals surface area (Å²) in [5.41, 5.74) is 7.85. The first-order chi connectivity index (χ1) is 9.33. The Hall–Kier alpha value is -1.07. The fraction of sp³-hybridized carbons (Fsp3) is 0.600. The Labute approximate surface area is 121 Å². The van der Waals surface area contributed by atoms with Gasteiger partial charge in [-0.1, -0.05) is 31.9 Å². The second kappa shape index (κ2) is 5.74. The summed E-state index contributed by atoms with van der Waals surface area (Å²) in [5, 5.41) is 0. The average Bonchev–Trinajstić information content (AvgIpc) is 2.37. The van der Waals surface area contributed by atoms with Crippen LogP contribution in [0, 0.1) is 19.8 Å². The number of anilines is 1. The Morgan fingerprint density at radius 3 is 2.40 bits per heavy atom. The van der Waals surface area contributed by atoms with Gasteiger partial charge in [0.15, 0.2) is 0 Å². The van der Waals surface area contributed by atoms with Crippen LogP contribution in [0.5, 0.6) is 0 Å². The summed E-state index contributed by atoms with van der Waals surface area (Å²) in [7, 11) is -3.55. The molecular weight excluding hydrogens is 272 g/mol. The van der Waals surface area contributed by atoms with Gasteiger partial charge in [-0.15, -0.1) is 0 Å². The quantitative estimate of drug-likeness (QED) is 0.842. The number of hydrogen-bond acceptors (Lipinski definition) is 3. The highest BCUT2D eigenvalue weighted by atomic mass is 32.2. The molecule has 1 aromatic rings. The molecule has 1 aliphatic rings. The molecule has 0 bridgehead atoms. The summed E-state index contributed by atoms with van der Waals surface area (Å²) in [6.07, 6.45) is 4.26. The predicted molar refractivity (Wildman–Crippen MR) is 82.1 cm³/mol. The van der Waals surface area contributed by atoms with Gasteiger partial charge in [0.05, 0.1) is 5.69 Å². The molecule has 0 aromatic heterocycles. The largest absolute Gasteiger partial charge is 0.397 e. The Morgan fingerprint density at radius 1 is 1.15 bits per heavy atom. The van der Waals surface area contributed by atoms with Crippen LogP contribution in [0.15, 0.2) is 17.0 Å². The van der Waals surface area contributed by atoms with Crippen LogP contribution < -0.4 is 10.5 Å². The molecule has 20 heavy (non-hydrogen) atoms. The normalized spacial score (nSPS) is 23.8. The summed E-state index contributed by atoms with van der Waals surface area (Å²) < 4.78 is 28.2. The van der Waals surface area contributed by atoms with Crippen molar-refractivity contribution in [1.82, 2.24) is 4.72 Å². The number of nitrogen functional groups attached to an aromatic ring is 1. The van der Waals surface area contributed by atoms with E-state index in [1.165, 1.54) is 6.42 Å². The number of hydrogen-bond donors (Lipinski definition) is 2. The van der Waals surface area contributed by atoms with Gasteiger partial charge in [-0.3, -0.25) is 0 Å². The second-order valence-electron chi connectivity index (χ2n) is 5.93. The molecule has 0 radical (unpaired) electrons. The Balaban J connectivity index is 2.33. The maximum Gasteiger partial charge on any atom is 0.243 e. The maximum absolute atomic E-state index is 12.6. The lowest BCUT2D eigenvalue weighted by atomic mass is 9.87. The number of nitrogens with one attached hydrogen (secondary N) is 1. The molecular formula is C15H24N2O2S. The van der Waals surface area contributed by atoms with E-state index >= 15 is 0 Å². The molecule has 2 unspecified atom stereocenters. The highest BCUT2D eigenvalue weighted by Gasteiger charge is 2.29. The number of benzene rings is 1. The lowest BCUT2D eigenvalue weighted by molar-refractivity contribution is 0.310. The van der Waals surface area contributed by atoms with E-state index in [0.29, 0.717) is 17.2 Å². The van der Waals surface area contributed by atoms with Crippen LogP contribution in [0.3, 0.4) is 0 Å². The number of rotatable bonds is 3. The maximum atomic E-state index is 12.6. The molecule has 5 heteroatoms. The van der Waals surface area contributed by atoms with E-state index in [1.807, 2.05) is 19.1 Å². The Kier molecular flexibility index (Phi) is 4.39. The van der Waals surface area contributed by atoms with Crippen molar-refractivity contribution in [3.8, 4) is 0 Å². The van der Waals surface area contributed by atoms with Crippen LogP contribution in [0.25, 0.3) is 0 Å². The summed E-state index contributed by atoms with van der Waals surface area (Å²) in [4.78, 5) is 0.246. The van der Waals surface area contributed by atoms with Gasteiger partial charge in [0.25, 0.3) is 0 Å². The van der Waals surface area contributed by atoms with E-state index in [4.69, 9.17) is 5.73 Å². The van der Waals surface area contributed by atoms with Crippen LogP contribution in [-0.4, -0.2) is 14.5 Å². The molecule has 0 heterocycles. The van der Waals surface area contributed by atoms with E-state index in [9.17, 15) is 8.42 Å². The van der Waals surface area contributed by atoms with Crippen LogP contribution >= 0.6 is 0 Å². The molecule has 112 valence electrons. The topological polar surface area (TPSA) is 72.2 Å². The Morgan fingerprint density at radius 2 is 1.75 bits per heavy atom. The molecule has 1 fully saturated rings. The third-order valence-corrected chi connectivity index (χ3v) is 5.99. The fourth-order valence-electron chi connectivity index (χ4n) is 2.91. The zero-order valence-electron chi connectivity index (χ0n) is 12.4. The summed E-state index contributed by atoms with van der Waals surface area (Å²) >= 11 is 0. The lowest BCUT2D eigenvalue weighted by Gasteiger charge is -2.29. The highest BCUT2D eigenvalue weighted by molar-refractivity contribution is 7.89. The molecule has 0 aliphatic heterocycles. The summed E-state index contributed by atoms with van der Waals surface area (Å²) in [5.74, 6) is 0.380. The molecule has 3 N–H and O–H groups in total. The Bertz CT molecular complexity index is 596. The SMILES string of the molecule is Cc1ccc(C)c(S(=O)(=O)NC2CCCCC2C)c1N. The van der Waals surface area contributed by atoms with Crippen molar-refractivity contribution < 1.29 is 8.42 Å². The third kappa shape index (κ3) is 2.99. The molecule has 1 aromatic carbocycles. The molecule has 2 rings (SSSR count).